The molecule has 1 saturated heterocycles. The second-order valence-electron chi connectivity index (χ2n) is 11.2. The summed E-state index contributed by atoms with van der Waals surface area (Å²) < 4.78 is 34.0. The molecule has 1 aliphatic carbocycles. The number of alkyl halides is 2. The number of ether oxygens (including phenoxy) is 1. The van der Waals surface area contributed by atoms with Crippen molar-refractivity contribution in [2.45, 2.75) is 71.0 Å². The summed E-state index contributed by atoms with van der Waals surface area (Å²) in [4.78, 5) is 17.4. The number of aromatic nitrogens is 1. The highest BCUT2D eigenvalue weighted by atomic mass is 19.3. The highest BCUT2D eigenvalue weighted by Gasteiger charge is 2.58. The Morgan fingerprint density at radius 1 is 1.27 bits per heavy atom. The molecule has 5 rings (SSSR count). The maximum absolute atomic E-state index is 14.1. The van der Waals surface area contributed by atoms with Crippen molar-refractivity contribution in [1.29, 1.82) is 0 Å². The van der Waals surface area contributed by atoms with Gasteiger partial charge in [0.15, 0.2) is 0 Å². The monoisotopic (exact) mass is 511 g/mol. The van der Waals surface area contributed by atoms with Crippen LogP contribution in [0.3, 0.4) is 0 Å². The highest BCUT2D eigenvalue weighted by molar-refractivity contribution is 5.89. The average molecular weight is 512 g/mol. The zero-order valence-electron chi connectivity index (χ0n) is 21.8. The number of benzene rings is 2. The lowest BCUT2D eigenvalue weighted by molar-refractivity contribution is -0.186. The first-order valence-electron chi connectivity index (χ1n) is 12.9. The number of carboxylic acids is 1. The van der Waals surface area contributed by atoms with E-state index >= 15 is 0 Å². The number of aromatic carboxylic acids is 1. The number of nitrogens with one attached hydrogen (secondary N) is 2. The molecule has 0 unspecified atom stereocenters. The first kappa shape index (κ1) is 25.5. The number of rotatable bonds is 7. The van der Waals surface area contributed by atoms with Crippen LogP contribution in [0.25, 0.3) is 10.9 Å². The lowest BCUT2D eigenvalue weighted by atomic mass is 9.58. The third kappa shape index (κ3) is 4.79. The molecule has 2 aromatic carbocycles. The van der Waals surface area contributed by atoms with E-state index in [-0.39, 0.29) is 30.5 Å². The first-order valence-corrected chi connectivity index (χ1v) is 12.9. The van der Waals surface area contributed by atoms with Crippen molar-refractivity contribution in [3.8, 4) is 5.75 Å². The zero-order chi connectivity index (χ0) is 26.5. The summed E-state index contributed by atoms with van der Waals surface area (Å²) in [5.41, 5.74) is 4.72. The SMILES string of the molecule is COc1cc(C)c2[nH]ccc2c1CN1CCC2(C[C@@H]1c1ccc(C(=O)O)cc1NC(C)C)CC(F)(F)C2. The van der Waals surface area contributed by atoms with Crippen LogP contribution < -0.4 is 10.1 Å². The topological polar surface area (TPSA) is 77.6 Å². The van der Waals surface area contributed by atoms with Crippen LogP contribution in [-0.4, -0.2) is 46.6 Å². The van der Waals surface area contributed by atoms with Crippen molar-refractivity contribution in [1.82, 2.24) is 9.88 Å². The zero-order valence-corrected chi connectivity index (χ0v) is 21.8. The summed E-state index contributed by atoms with van der Waals surface area (Å²) in [5.74, 6) is -2.79. The predicted octanol–water partition coefficient (Wildman–Crippen LogP) is 6.76. The van der Waals surface area contributed by atoms with Crippen molar-refractivity contribution in [3.05, 3.63) is 58.8 Å². The molecule has 37 heavy (non-hydrogen) atoms. The van der Waals surface area contributed by atoms with Gasteiger partial charge in [-0.1, -0.05) is 6.07 Å². The number of halogens is 2. The number of H-pyrrole nitrogens is 1. The van der Waals surface area contributed by atoms with E-state index in [0.717, 1.165) is 39.0 Å². The quantitative estimate of drug-likeness (QED) is 0.327. The number of nitrogens with zero attached hydrogens (tertiary/aromatic N) is 1. The minimum atomic E-state index is -2.60. The Bertz CT molecular complexity index is 1330. The molecular weight excluding hydrogens is 476 g/mol. The van der Waals surface area contributed by atoms with Gasteiger partial charge in [0.05, 0.1) is 12.7 Å². The van der Waals surface area contributed by atoms with Gasteiger partial charge in [0, 0.05) is 59.8 Å². The lowest BCUT2D eigenvalue weighted by Gasteiger charge is -2.55. The van der Waals surface area contributed by atoms with Crippen LogP contribution in [0.1, 0.15) is 72.6 Å². The number of hydrogen-bond acceptors (Lipinski definition) is 4. The van der Waals surface area contributed by atoms with Gasteiger partial charge in [0.25, 0.3) is 0 Å². The Kier molecular flexibility index (Phi) is 6.42. The van der Waals surface area contributed by atoms with Gasteiger partial charge in [0.2, 0.25) is 5.92 Å². The summed E-state index contributed by atoms with van der Waals surface area (Å²) in [6, 6.07) is 9.18. The van der Waals surface area contributed by atoms with E-state index in [9.17, 15) is 18.7 Å². The number of fused-ring (bicyclic) bond motifs is 1. The van der Waals surface area contributed by atoms with Crippen LogP contribution in [0.4, 0.5) is 14.5 Å². The Morgan fingerprint density at radius 2 is 2.03 bits per heavy atom. The van der Waals surface area contributed by atoms with Crippen molar-refractivity contribution in [2.75, 3.05) is 19.0 Å². The maximum Gasteiger partial charge on any atom is 0.335 e. The Balaban J connectivity index is 1.57. The van der Waals surface area contributed by atoms with Gasteiger partial charge in [-0.05, 0) is 81.0 Å². The summed E-state index contributed by atoms with van der Waals surface area (Å²) in [6.07, 6.45) is 3.08. The molecule has 0 radical (unpaired) electrons. The molecule has 0 amide bonds. The van der Waals surface area contributed by atoms with E-state index in [4.69, 9.17) is 4.74 Å². The van der Waals surface area contributed by atoms with Gasteiger partial charge in [0.1, 0.15) is 5.75 Å². The molecule has 3 aromatic rings. The van der Waals surface area contributed by atoms with Crippen LogP contribution in [0.15, 0.2) is 36.5 Å². The van der Waals surface area contributed by atoms with Crippen molar-refractivity contribution >= 4 is 22.6 Å². The van der Waals surface area contributed by atoms with Crippen molar-refractivity contribution in [3.63, 3.8) is 0 Å². The van der Waals surface area contributed by atoms with Crippen LogP contribution in [-0.2, 0) is 6.54 Å². The van der Waals surface area contributed by atoms with Gasteiger partial charge in [-0.25, -0.2) is 13.6 Å². The lowest BCUT2D eigenvalue weighted by Crippen LogP contribution is -2.53. The van der Waals surface area contributed by atoms with Gasteiger partial charge in [-0.15, -0.1) is 0 Å². The third-order valence-electron chi connectivity index (χ3n) is 8.06. The number of aromatic amines is 1. The number of piperidine rings is 1. The van der Waals surface area contributed by atoms with E-state index < -0.39 is 17.3 Å². The standard InChI is InChI=1S/C29H35F2N3O3/c1-17(2)33-23-12-19(27(35)36)5-6-21(23)24-13-28(15-29(30,31)16-28)8-10-34(24)14-22-20-7-9-32-26(20)18(3)11-25(22)37-4/h5-7,9,11-12,17,24,32-33H,8,10,13-16H2,1-4H3,(H,35,36)/t24-/m1/s1. The normalized spacial score (nSPS) is 20.8. The van der Waals surface area contributed by atoms with E-state index in [2.05, 4.69) is 21.3 Å². The second kappa shape index (κ2) is 9.31. The number of likely N-dealkylation sites (tertiary alicyclic amines) is 1. The fourth-order valence-corrected chi connectivity index (χ4v) is 6.44. The molecule has 0 bridgehead atoms. The average Bonchev–Trinajstić information content (AvgIpc) is 3.31. The molecule has 2 heterocycles. The number of hydrogen-bond donors (Lipinski definition) is 3. The third-order valence-corrected chi connectivity index (χ3v) is 8.06. The van der Waals surface area contributed by atoms with Gasteiger partial charge in [-0.3, -0.25) is 4.90 Å². The Labute approximate surface area is 216 Å². The molecule has 1 spiro atoms. The van der Waals surface area contributed by atoms with Gasteiger partial charge >= 0.3 is 5.97 Å². The summed E-state index contributed by atoms with van der Waals surface area (Å²) >= 11 is 0. The molecule has 1 saturated carbocycles. The van der Waals surface area contributed by atoms with Crippen LogP contribution in [0.5, 0.6) is 5.75 Å². The first-order chi connectivity index (χ1) is 17.5. The molecule has 1 atom stereocenters. The van der Waals surface area contributed by atoms with E-state index in [1.54, 1.807) is 19.2 Å². The molecule has 1 aromatic heterocycles. The predicted molar refractivity (Wildman–Crippen MR) is 141 cm³/mol. The molecule has 8 heteroatoms. The van der Waals surface area contributed by atoms with Crippen LogP contribution in [0, 0.1) is 12.3 Å². The number of carbonyl (C=O) groups is 1. The fraction of sp³-hybridized carbons (Fsp3) is 0.483. The maximum atomic E-state index is 14.1. The summed E-state index contributed by atoms with van der Waals surface area (Å²) in [6.45, 7) is 7.32. The van der Waals surface area contributed by atoms with Crippen molar-refractivity contribution < 1.29 is 23.4 Å². The summed E-state index contributed by atoms with van der Waals surface area (Å²) in [5, 5.41) is 14.1. The van der Waals surface area contributed by atoms with E-state index in [1.807, 2.05) is 39.1 Å². The molecule has 1 aliphatic heterocycles. The van der Waals surface area contributed by atoms with Gasteiger partial charge in [-0.2, -0.15) is 0 Å². The van der Waals surface area contributed by atoms with Crippen molar-refractivity contribution in [2.24, 2.45) is 5.41 Å². The molecule has 2 fully saturated rings. The summed E-state index contributed by atoms with van der Waals surface area (Å²) in [7, 11) is 1.67. The molecular formula is C29H35F2N3O3. The molecule has 3 N–H and O–H groups in total. The van der Waals surface area contributed by atoms with Crippen LogP contribution >= 0.6 is 0 Å². The molecule has 6 nitrogen and oxygen atoms in total. The Hall–Kier alpha value is -3.13. The highest BCUT2D eigenvalue weighted by Crippen LogP contribution is 2.61. The fourth-order valence-electron chi connectivity index (χ4n) is 6.44. The Morgan fingerprint density at radius 3 is 2.68 bits per heavy atom. The largest absolute Gasteiger partial charge is 0.496 e. The van der Waals surface area contributed by atoms with Gasteiger partial charge < -0.3 is 20.1 Å². The molecule has 2 aliphatic rings. The smallest absolute Gasteiger partial charge is 0.335 e. The van der Waals surface area contributed by atoms with E-state index in [0.29, 0.717) is 25.9 Å². The second-order valence-corrected chi connectivity index (χ2v) is 11.2. The minimum absolute atomic E-state index is 0.0819. The number of methoxy groups -OCH3 is 1. The van der Waals surface area contributed by atoms with Crippen LogP contribution in [0.2, 0.25) is 0 Å². The van der Waals surface area contributed by atoms with E-state index in [1.165, 1.54) is 0 Å². The number of carboxylic acid groups (broad SMARTS) is 1. The minimum Gasteiger partial charge on any atom is -0.496 e. The number of aryl methyl sites for hydroxylation is 1. The number of anilines is 1. The molecule has 198 valence electrons.